The molecule has 0 fully saturated rings. The van der Waals surface area contributed by atoms with Crippen LogP contribution < -0.4 is 0 Å². The van der Waals surface area contributed by atoms with E-state index in [2.05, 4.69) is 33.8 Å². The van der Waals surface area contributed by atoms with E-state index < -0.39 is 0 Å². The van der Waals surface area contributed by atoms with Crippen LogP contribution in [0.1, 0.15) is 47.0 Å². The minimum absolute atomic E-state index is 0.796. The van der Waals surface area contributed by atoms with Crippen LogP contribution >= 0.6 is 0 Å². The van der Waals surface area contributed by atoms with Gasteiger partial charge in [-0.2, -0.15) is 0 Å². The standard InChI is InChI=1S/C10H20/c1-5-7-8-10(4)9(3)6-2/h6,10H,5,7-8H2,1-4H3. The molecular formula is C10H20. The highest BCUT2D eigenvalue weighted by Gasteiger charge is 2.00. The van der Waals surface area contributed by atoms with Crippen LogP contribution in [0.3, 0.4) is 0 Å². The Bertz CT molecular complexity index is 101. The van der Waals surface area contributed by atoms with Crippen LogP contribution in [0.2, 0.25) is 0 Å². The number of hydrogen-bond donors (Lipinski definition) is 0. The van der Waals surface area contributed by atoms with Crippen LogP contribution in [-0.2, 0) is 0 Å². The van der Waals surface area contributed by atoms with E-state index in [0.29, 0.717) is 0 Å². The molecule has 0 aliphatic carbocycles. The molecule has 0 amide bonds. The second-order valence-corrected chi connectivity index (χ2v) is 3.08. The van der Waals surface area contributed by atoms with Crippen molar-refractivity contribution in [2.45, 2.75) is 47.0 Å². The van der Waals surface area contributed by atoms with Gasteiger partial charge >= 0.3 is 0 Å². The van der Waals surface area contributed by atoms with Gasteiger partial charge in [0.25, 0.3) is 0 Å². The number of hydrogen-bond acceptors (Lipinski definition) is 0. The van der Waals surface area contributed by atoms with Crippen molar-refractivity contribution in [1.82, 2.24) is 0 Å². The van der Waals surface area contributed by atoms with Gasteiger partial charge in [0, 0.05) is 0 Å². The summed E-state index contributed by atoms with van der Waals surface area (Å²) in [6.07, 6.45) is 6.26. The van der Waals surface area contributed by atoms with Gasteiger partial charge in [0.2, 0.25) is 0 Å². The van der Waals surface area contributed by atoms with Crippen LogP contribution in [-0.4, -0.2) is 0 Å². The van der Waals surface area contributed by atoms with Gasteiger partial charge in [-0.1, -0.05) is 38.3 Å². The second kappa shape index (κ2) is 5.52. The fourth-order valence-corrected chi connectivity index (χ4v) is 1.02. The van der Waals surface area contributed by atoms with Crippen molar-refractivity contribution in [2.75, 3.05) is 0 Å². The van der Waals surface area contributed by atoms with Gasteiger partial charge in [0.15, 0.2) is 0 Å². The van der Waals surface area contributed by atoms with Crippen molar-refractivity contribution in [3.8, 4) is 0 Å². The predicted molar refractivity (Wildman–Crippen MR) is 48.1 cm³/mol. The van der Waals surface area contributed by atoms with Crippen LogP contribution in [0.25, 0.3) is 0 Å². The van der Waals surface area contributed by atoms with E-state index in [0.717, 1.165) is 5.92 Å². The third-order valence-electron chi connectivity index (χ3n) is 2.22. The van der Waals surface area contributed by atoms with E-state index >= 15 is 0 Å². The molecule has 0 rings (SSSR count). The highest BCUT2D eigenvalue weighted by atomic mass is 14.1. The molecule has 0 aliphatic heterocycles. The number of allylic oxidation sites excluding steroid dienone is 2. The second-order valence-electron chi connectivity index (χ2n) is 3.08. The molecule has 0 aromatic carbocycles. The smallest absolute Gasteiger partial charge is 0.0235 e. The van der Waals surface area contributed by atoms with E-state index in [1.165, 1.54) is 24.8 Å². The van der Waals surface area contributed by atoms with Gasteiger partial charge in [0.05, 0.1) is 0 Å². The fraction of sp³-hybridized carbons (Fsp3) is 0.800. The van der Waals surface area contributed by atoms with Gasteiger partial charge in [-0.3, -0.25) is 0 Å². The van der Waals surface area contributed by atoms with Crippen LogP contribution in [0, 0.1) is 5.92 Å². The Morgan fingerprint density at radius 2 is 2.10 bits per heavy atom. The van der Waals surface area contributed by atoms with Crippen LogP contribution in [0.5, 0.6) is 0 Å². The largest absolute Gasteiger partial charge is 0.0885 e. The first-order valence-corrected chi connectivity index (χ1v) is 4.35. The van der Waals surface area contributed by atoms with Crippen molar-refractivity contribution in [3.63, 3.8) is 0 Å². The summed E-state index contributed by atoms with van der Waals surface area (Å²) in [6, 6.07) is 0. The van der Waals surface area contributed by atoms with Gasteiger partial charge in [-0.15, -0.1) is 0 Å². The lowest BCUT2D eigenvalue weighted by Crippen LogP contribution is -1.95. The van der Waals surface area contributed by atoms with E-state index in [9.17, 15) is 0 Å². The van der Waals surface area contributed by atoms with Crippen molar-refractivity contribution < 1.29 is 0 Å². The molecule has 0 heterocycles. The monoisotopic (exact) mass is 140 g/mol. The Hall–Kier alpha value is -0.260. The summed E-state index contributed by atoms with van der Waals surface area (Å²) in [7, 11) is 0. The molecule has 0 nitrogen and oxygen atoms in total. The molecule has 0 radical (unpaired) electrons. The Balaban J connectivity index is 3.51. The van der Waals surface area contributed by atoms with E-state index in [1.54, 1.807) is 0 Å². The van der Waals surface area contributed by atoms with Gasteiger partial charge in [-0.05, 0) is 26.2 Å². The molecule has 1 atom stereocenters. The molecule has 0 saturated carbocycles. The Kier molecular flexibility index (Phi) is 5.38. The number of unbranched alkanes of at least 4 members (excludes halogenated alkanes) is 1. The molecular weight excluding hydrogens is 120 g/mol. The molecule has 0 spiro atoms. The minimum Gasteiger partial charge on any atom is -0.0885 e. The summed E-state index contributed by atoms with van der Waals surface area (Å²) in [5.74, 6) is 0.796. The van der Waals surface area contributed by atoms with Gasteiger partial charge < -0.3 is 0 Å². The van der Waals surface area contributed by atoms with Crippen molar-refractivity contribution >= 4 is 0 Å². The van der Waals surface area contributed by atoms with E-state index in [-0.39, 0.29) is 0 Å². The average molecular weight is 140 g/mol. The molecule has 0 saturated heterocycles. The molecule has 0 N–H and O–H groups in total. The molecule has 0 bridgehead atoms. The van der Waals surface area contributed by atoms with Gasteiger partial charge in [-0.25, -0.2) is 0 Å². The van der Waals surface area contributed by atoms with Crippen LogP contribution in [0.4, 0.5) is 0 Å². The zero-order valence-electron chi connectivity index (χ0n) is 7.78. The Morgan fingerprint density at radius 3 is 2.50 bits per heavy atom. The third kappa shape index (κ3) is 3.71. The maximum Gasteiger partial charge on any atom is -0.0235 e. The molecule has 10 heavy (non-hydrogen) atoms. The average Bonchev–Trinajstić information content (AvgIpc) is 1.98. The van der Waals surface area contributed by atoms with E-state index in [1.807, 2.05) is 0 Å². The fourth-order valence-electron chi connectivity index (χ4n) is 1.02. The first kappa shape index (κ1) is 9.74. The van der Waals surface area contributed by atoms with Gasteiger partial charge in [0.1, 0.15) is 0 Å². The molecule has 0 aliphatic rings. The third-order valence-corrected chi connectivity index (χ3v) is 2.22. The summed E-state index contributed by atoms with van der Waals surface area (Å²) in [4.78, 5) is 0. The predicted octanol–water partition coefficient (Wildman–Crippen LogP) is 3.78. The van der Waals surface area contributed by atoms with Crippen molar-refractivity contribution in [1.29, 1.82) is 0 Å². The van der Waals surface area contributed by atoms with E-state index in [4.69, 9.17) is 0 Å². The zero-order valence-corrected chi connectivity index (χ0v) is 7.78. The van der Waals surface area contributed by atoms with Crippen molar-refractivity contribution in [2.24, 2.45) is 5.92 Å². The normalized spacial score (nSPS) is 15.4. The quantitative estimate of drug-likeness (QED) is 0.521. The summed E-state index contributed by atoms with van der Waals surface area (Å²) in [6.45, 7) is 8.90. The molecule has 0 aromatic rings. The maximum atomic E-state index is 2.31. The lowest BCUT2D eigenvalue weighted by Gasteiger charge is -2.09. The maximum absolute atomic E-state index is 2.31. The molecule has 1 unspecified atom stereocenters. The molecule has 0 heteroatoms. The zero-order chi connectivity index (χ0) is 7.98. The van der Waals surface area contributed by atoms with Crippen molar-refractivity contribution in [3.05, 3.63) is 11.6 Å². The number of rotatable bonds is 4. The molecule has 60 valence electrons. The lowest BCUT2D eigenvalue weighted by molar-refractivity contribution is 0.571. The Labute approximate surface area is 65.3 Å². The highest BCUT2D eigenvalue weighted by Crippen LogP contribution is 2.16. The summed E-state index contributed by atoms with van der Waals surface area (Å²) in [5, 5.41) is 0. The Morgan fingerprint density at radius 1 is 1.50 bits per heavy atom. The molecule has 0 aromatic heterocycles. The lowest BCUT2D eigenvalue weighted by atomic mass is 9.97. The summed E-state index contributed by atoms with van der Waals surface area (Å²) < 4.78 is 0. The first-order valence-electron chi connectivity index (χ1n) is 4.35. The first-order chi connectivity index (χ1) is 4.72. The topological polar surface area (TPSA) is 0 Å². The summed E-state index contributed by atoms with van der Waals surface area (Å²) >= 11 is 0. The SMILES string of the molecule is CC=C(C)C(C)CCCC. The minimum atomic E-state index is 0.796. The van der Waals surface area contributed by atoms with Crippen LogP contribution in [0.15, 0.2) is 11.6 Å². The highest BCUT2D eigenvalue weighted by molar-refractivity contribution is 4.99. The summed E-state index contributed by atoms with van der Waals surface area (Å²) in [5.41, 5.74) is 1.54.